The van der Waals surface area contributed by atoms with Gasteiger partial charge in [-0.05, 0) is 30.3 Å². The van der Waals surface area contributed by atoms with Crippen LogP contribution in [0.2, 0.25) is 0 Å². The van der Waals surface area contributed by atoms with Crippen molar-refractivity contribution in [3.05, 3.63) is 58.9 Å². The molecule has 3 aliphatic heterocycles. The molecule has 2 aromatic carbocycles. The second-order valence-corrected chi connectivity index (χ2v) is 9.23. The fourth-order valence-corrected chi connectivity index (χ4v) is 5.43. The Morgan fingerprint density at radius 1 is 1.20 bits per heavy atom. The van der Waals surface area contributed by atoms with Crippen LogP contribution in [0.25, 0.3) is 11.0 Å². The van der Waals surface area contributed by atoms with Gasteiger partial charge in [0.05, 0.1) is 23.1 Å². The molecule has 1 fully saturated rings. The SMILES string of the molecule is CN1C(=O)c2cccc(OC(F)F)c2[C@H]2CC1c1nc3ccc(C#CCCN4CC(F)C4)cc3n12. The van der Waals surface area contributed by atoms with Crippen LogP contribution in [0.1, 0.15) is 52.2 Å². The third kappa shape index (κ3) is 3.64. The summed E-state index contributed by atoms with van der Waals surface area (Å²) >= 11 is 0. The quantitative estimate of drug-likeness (QED) is 0.527. The smallest absolute Gasteiger partial charge is 0.387 e. The van der Waals surface area contributed by atoms with Crippen molar-refractivity contribution in [2.24, 2.45) is 0 Å². The molecule has 0 radical (unpaired) electrons. The summed E-state index contributed by atoms with van der Waals surface area (Å²) in [5, 5.41) is 0. The molecule has 6 nitrogen and oxygen atoms in total. The maximum absolute atomic E-state index is 13.2. The van der Waals surface area contributed by atoms with Crippen molar-refractivity contribution in [3.63, 3.8) is 0 Å². The van der Waals surface area contributed by atoms with Crippen LogP contribution in [0, 0.1) is 11.8 Å². The fourth-order valence-electron chi connectivity index (χ4n) is 5.43. The molecule has 2 bridgehead atoms. The van der Waals surface area contributed by atoms with Gasteiger partial charge in [-0.3, -0.25) is 9.69 Å². The summed E-state index contributed by atoms with van der Waals surface area (Å²) in [6.07, 6.45) is 0.455. The number of nitrogens with zero attached hydrogens (tertiary/aromatic N) is 4. The molecule has 0 saturated carbocycles. The lowest BCUT2D eigenvalue weighted by Gasteiger charge is -2.33. The second kappa shape index (κ2) is 8.31. The minimum Gasteiger partial charge on any atom is -0.434 e. The molecule has 3 aromatic rings. The predicted molar refractivity (Wildman–Crippen MR) is 123 cm³/mol. The first-order chi connectivity index (χ1) is 16.9. The zero-order valence-electron chi connectivity index (χ0n) is 19.0. The number of ether oxygens (including phenoxy) is 1. The first kappa shape index (κ1) is 22.0. The lowest BCUT2D eigenvalue weighted by molar-refractivity contribution is -0.0507. The van der Waals surface area contributed by atoms with Gasteiger partial charge in [-0.1, -0.05) is 17.9 Å². The van der Waals surface area contributed by atoms with Gasteiger partial charge in [0.1, 0.15) is 17.7 Å². The number of carbonyl (C=O) groups excluding carboxylic acids is 1. The molecular weight excluding hydrogens is 457 g/mol. The van der Waals surface area contributed by atoms with Crippen molar-refractivity contribution in [2.45, 2.75) is 37.7 Å². The van der Waals surface area contributed by atoms with Gasteiger partial charge in [0, 0.05) is 56.2 Å². The third-order valence-corrected chi connectivity index (χ3v) is 7.11. The molecule has 180 valence electrons. The number of alkyl halides is 3. The van der Waals surface area contributed by atoms with E-state index in [-0.39, 0.29) is 23.7 Å². The van der Waals surface area contributed by atoms with Gasteiger partial charge in [0.2, 0.25) is 0 Å². The van der Waals surface area contributed by atoms with Crippen molar-refractivity contribution >= 4 is 16.9 Å². The van der Waals surface area contributed by atoms with Crippen molar-refractivity contribution in [1.29, 1.82) is 0 Å². The first-order valence-corrected chi connectivity index (χ1v) is 11.6. The van der Waals surface area contributed by atoms with Gasteiger partial charge in [-0.15, -0.1) is 0 Å². The number of likely N-dealkylation sites (tertiary alicyclic amines) is 1. The maximum atomic E-state index is 13.2. The minimum atomic E-state index is -3.00. The molecule has 0 aliphatic carbocycles. The van der Waals surface area contributed by atoms with Crippen LogP contribution >= 0.6 is 0 Å². The summed E-state index contributed by atoms with van der Waals surface area (Å²) in [4.78, 5) is 21.7. The van der Waals surface area contributed by atoms with E-state index in [2.05, 4.69) is 11.8 Å². The van der Waals surface area contributed by atoms with Crippen LogP contribution in [0.15, 0.2) is 36.4 Å². The zero-order valence-corrected chi connectivity index (χ0v) is 19.0. The van der Waals surface area contributed by atoms with Gasteiger partial charge in [-0.25, -0.2) is 9.37 Å². The molecule has 35 heavy (non-hydrogen) atoms. The van der Waals surface area contributed by atoms with Crippen LogP contribution in [0.3, 0.4) is 0 Å². The van der Waals surface area contributed by atoms with Gasteiger partial charge in [-0.2, -0.15) is 8.78 Å². The Labute approximate surface area is 200 Å². The van der Waals surface area contributed by atoms with E-state index in [0.717, 1.165) is 29.0 Å². The molecule has 1 amide bonds. The van der Waals surface area contributed by atoms with Gasteiger partial charge in [0.25, 0.3) is 5.91 Å². The molecule has 4 heterocycles. The van der Waals surface area contributed by atoms with Crippen LogP contribution in [-0.4, -0.2) is 64.7 Å². The molecular formula is C26H23F3N4O2. The number of benzene rings is 2. The number of halogens is 3. The number of rotatable bonds is 4. The number of carbonyl (C=O) groups is 1. The Balaban J connectivity index is 1.40. The van der Waals surface area contributed by atoms with Crippen molar-refractivity contribution in [1.82, 2.24) is 19.4 Å². The van der Waals surface area contributed by atoms with Crippen molar-refractivity contribution in [2.75, 3.05) is 26.7 Å². The van der Waals surface area contributed by atoms with Crippen molar-refractivity contribution < 1.29 is 22.7 Å². The monoisotopic (exact) mass is 480 g/mol. The lowest BCUT2D eigenvalue weighted by Crippen LogP contribution is -2.48. The Hall–Kier alpha value is -3.51. The average molecular weight is 480 g/mol. The Morgan fingerprint density at radius 3 is 2.80 bits per heavy atom. The first-order valence-electron chi connectivity index (χ1n) is 11.6. The van der Waals surface area contributed by atoms with E-state index in [0.29, 0.717) is 37.1 Å². The van der Waals surface area contributed by atoms with E-state index in [1.54, 1.807) is 24.1 Å². The van der Waals surface area contributed by atoms with Gasteiger partial charge < -0.3 is 14.2 Å². The van der Waals surface area contributed by atoms with Crippen LogP contribution in [0.5, 0.6) is 5.75 Å². The Morgan fingerprint density at radius 2 is 2.03 bits per heavy atom. The second-order valence-electron chi connectivity index (χ2n) is 9.23. The van der Waals surface area contributed by atoms with E-state index in [1.165, 1.54) is 6.07 Å². The van der Waals surface area contributed by atoms with Crippen LogP contribution in [0.4, 0.5) is 13.2 Å². The summed E-state index contributed by atoms with van der Waals surface area (Å²) in [5.74, 6) is 6.83. The van der Waals surface area contributed by atoms with Gasteiger partial charge in [0.15, 0.2) is 0 Å². The number of hydrogen-bond donors (Lipinski definition) is 0. The van der Waals surface area contributed by atoms with E-state index < -0.39 is 12.8 Å². The summed E-state index contributed by atoms with van der Waals surface area (Å²) in [6.45, 7) is -1.30. The highest BCUT2D eigenvalue weighted by Crippen LogP contribution is 2.49. The van der Waals surface area contributed by atoms with Crippen molar-refractivity contribution in [3.8, 4) is 17.6 Å². The largest absolute Gasteiger partial charge is 0.434 e. The fraction of sp³-hybridized carbons (Fsp3) is 0.385. The van der Waals surface area contributed by atoms with E-state index >= 15 is 0 Å². The standard InChI is InChI=1S/C26H23F3N4O2/c1-31-21-12-20(23-17(25(31)34)6-4-7-22(23)35-26(28)29)33-19-11-15(8-9-18(19)30-24(21)33)5-2-3-10-32-13-16(27)14-32/h4,6-9,11,16,20-21,26H,3,10,12-14H2,1H3/t20-,21?/m1/s1. The maximum Gasteiger partial charge on any atom is 0.387 e. The molecule has 0 N–H and O–H groups in total. The topological polar surface area (TPSA) is 50.6 Å². The molecule has 1 unspecified atom stereocenters. The molecule has 6 rings (SSSR count). The number of hydrogen-bond acceptors (Lipinski definition) is 4. The molecule has 0 spiro atoms. The average Bonchev–Trinajstić information content (AvgIpc) is 3.33. The molecule has 3 aliphatic rings. The Kier molecular flexibility index (Phi) is 5.22. The normalized spacial score (nSPS) is 21.4. The van der Waals surface area contributed by atoms with E-state index in [1.807, 2.05) is 27.7 Å². The van der Waals surface area contributed by atoms with Crippen LogP contribution in [-0.2, 0) is 0 Å². The summed E-state index contributed by atoms with van der Waals surface area (Å²) in [7, 11) is 1.72. The van der Waals surface area contributed by atoms with E-state index in [4.69, 9.17) is 9.72 Å². The van der Waals surface area contributed by atoms with E-state index in [9.17, 15) is 18.0 Å². The highest BCUT2D eigenvalue weighted by molar-refractivity contribution is 5.97. The zero-order chi connectivity index (χ0) is 24.3. The Bertz CT molecular complexity index is 1390. The van der Waals surface area contributed by atoms with Crippen LogP contribution < -0.4 is 4.74 Å². The predicted octanol–water partition coefficient (Wildman–Crippen LogP) is 4.15. The lowest BCUT2D eigenvalue weighted by atomic mass is 9.97. The molecule has 1 aromatic heterocycles. The number of amides is 1. The molecule has 2 atom stereocenters. The minimum absolute atomic E-state index is 0.0112. The summed E-state index contributed by atoms with van der Waals surface area (Å²) in [6, 6.07) is 9.80. The molecule has 9 heteroatoms. The number of imidazole rings is 1. The molecule has 1 saturated heterocycles. The highest BCUT2D eigenvalue weighted by Gasteiger charge is 2.45. The number of fused-ring (bicyclic) bond motifs is 9. The third-order valence-electron chi connectivity index (χ3n) is 7.11. The number of aromatic nitrogens is 2. The summed E-state index contributed by atoms with van der Waals surface area (Å²) in [5.41, 5.74) is 3.23. The highest BCUT2D eigenvalue weighted by atomic mass is 19.3. The summed E-state index contributed by atoms with van der Waals surface area (Å²) < 4.78 is 46.3. The van der Waals surface area contributed by atoms with Gasteiger partial charge >= 0.3 is 6.61 Å².